The minimum Gasteiger partial charge on any atom is -0.482 e. The van der Waals surface area contributed by atoms with E-state index in [0.717, 1.165) is 11.3 Å². The van der Waals surface area contributed by atoms with Crippen LogP contribution in [0.2, 0.25) is 0 Å². The van der Waals surface area contributed by atoms with Crippen LogP contribution in [0.15, 0.2) is 42.5 Å². The zero-order valence-electron chi connectivity index (χ0n) is 12.3. The van der Waals surface area contributed by atoms with E-state index in [2.05, 4.69) is 0 Å². The Balaban J connectivity index is 2.13. The van der Waals surface area contributed by atoms with Gasteiger partial charge in [0.1, 0.15) is 5.75 Å². The molecular weight excluding hydrogens is 282 g/mol. The zero-order valence-corrected chi connectivity index (χ0v) is 12.3. The quantitative estimate of drug-likeness (QED) is 0.800. The molecule has 112 valence electrons. The van der Waals surface area contributed by atoms with E-state index >= 15 is 0 Å². The number of nitrogens with zero attached hydrogens (tertiary/aromatic N) is 1. The van der Waals surface area contributed by atoms with Gasteiger partial charge < -0.3 is 9.47 Å². The highest BCUT2D eigenvalue weighted by Crippen LogP contribution is 2.38. The smallest absolute Gasteiger partial charge is 0.337 e. The summed E-state index contributed by atoms with van der Waals surface area (Å²) in [5.74, 6) is -0.0705. The van der Waals surface area contributed by atoms with Crippen LogP contribution < -0.4 is 9.64 Å². The van der Waals surface area contributed by atoms with E-state index in [1.54, 1.807) is 23.1 Å². The van der Waals surface area contributed by atoms with Crippen LogP contribution in [0.1, 0.15) is 15.9 Å². The molecule has 0 spiro atoms. The van der Waals surface area contributed by atoms with E-state index in [-0.39, 0.29) is 12.5 Å². The van der Waals surface area contributed by atoms with E-state index in [1.165, 1.54) is 7.11 Å². The van der Waals surface area contributed by atoms with Crippen LogP contribution >= 0.6 is 0 Å². The molecule has 0 unspecified atom stereocenters. The molecule has 0 saturated carbocycles. The maximum atomic E-state index is 12.3. The molecule has 1 aliphatic heterocycles. The van der Waals surface area contributed by atoms with Crippen molar-refractivity contribution in [3.63, 3.8) is 0 Å². The largest absolute Gasteiger partial charge is 0.482 e. The predicted octanol–water partition coefficient (Wildman–Crippen LogP) is 2.84. The van der Waals surface area contributed by atoms with Crippen molar-refractivity contribution >= 4 is 23.3 Å². The van der Waals surface area contributed by atoms with E-state index < -0.39 is 5.97 Å². The van der Waals surface area contributed by atoms with E-state index in [9.17, 15) is 9.59 Å². The van der Waals surface area contributed by atoms with Gasteiger partial charge in [0.15, 0.2) is 6.61 Å². The molecule has 0 bridgehead atoms. The molecule has 2 aromatic carbocycles. The van der Waals surface area contributed by atoms with Crippen molar-refractivity contribution in [3.8, 4) is 5.75 Å². The SMILES string of the molecule is COC(=O)c1ccc2c(c1)N(c1cccc(C)c1)C(=O)CO2. The molecule has 1 heterocycles. The third kappa shape index (κ3) is 2.41. The normalized spacial score (nSPS) is 13.4. The molecule has 0 atom stereocenters. The number of anilines is 2. The molecule has 0 saturated heterocycles. The predicted molar refractivity (Wildman–Crippen MR) is 81.6 cm³/mol. The molecule has 2 aromatic rings. The zero-order chi connectivity index (χ0) is 15.7. The highest BCUT2D eigenvalue weighted by molar-refractivity contribution is 6.05. The van der Waals surface area contributed by atoms with Gasteiger partial charge in [-0.05, 0) is 42.8 Å². The molecule has 0 N–H and O–H groups in total. The van der Waals surface area contributed by atoms with Crippen LogP contribution in [-0.2, 0) is 9.53 Å². The standard InChI is InChI=1S/C17H15NO4/c1-11-4-3-5-13(8-11)18-14-9-12(17(20)21-2)6-7-15(14)22-10-16(18)19/h3-9H,10H2,1-2H3. The molecular formula is C17H15NO4. The average Bonchev–Trinajstić information content (AvgIpc) is 2.53. The van der Waals surface area contributed by atoms with E-state index in [0.29, 0.717) is 17.0 Å². The summed E-state index contributed by atoms with van der Waals surface area (Å²) < 4.78 is 10.2. The summed E-state index contributed by atoms with van der Waals surface area (Å²) in [7, 11) is 1.32. The third-order valence-corrected chi connectivity index (χ3v) is 3.48. The molecule has 0 aliphatic carbocycles. The first-order valence-corrected chi connectivity index (χ1v) is 6.85. The van der Waals surface area contributed by atoms with Crippen LogP contribution in [-0.4, -0.2) is 25.6 Å². The highest BCUT2D eigenvalue weighted by Gasteiger charge is 2.28. The van der Waals surface area contributed by atoms with Crippen molar-refractivity contribution in [1.29, 1.82) is 0 Å². The van der Waals surface area contributed by atoms with E-state index in [4.69, 9.17) is 9.47 Å². The Morgan fingerprint density at radius 3 is 2.77 bits per heavy atom. The number of esters is 1. The van der Waals surface area contributed by atoms with Gasteiger partial charge in [-0.1, -0.05) is 12.1 Å². The third-order valence-electron chi connectivity index (χ3n) is 3.48. The van der Waals surface area contributed by atoms with Crippen molar-refractivity contribution in [1.82, 2.24) is 0 Å². The van der Waals surface area contributed by atoms with E-state index in [1.807, 2.05) is 31.2 Å². The number of benzene rings is 2. The fourth-order valence-corrected chi connectivity index (χ4v) is 2.45. The molecule has 0 fully saturated rings. The number of carbonyl (C=O) groups is 2. The van der Waals surface area contributed by atoms with Crippen molar-refractivity contribution < 1.29 is 19.1 Å². The number of hydrogen-bond donors (Lipinski definition) is 0. The Hall–Kier alpha value is -2.82. The molecule has 0 radical (unpaired) electrons. The number of carbonyl (C=O) groups excluding carboxylic acids is 2. The first-order chi connectivity index (χ1) is 10.6. The Kier molecular flexibility index (Phi) is 3.55. The summed E-state index contributed by atoms with van der Waals surface area (Å²) in [5.41, 5.74) is 2.71. The lowest BCUT2D eigenvalue weighted by atomic mass is 10.1. The average molecular weight is 297 g/mol. The lowest BCUT2D eigenvalue weighted by Crippen LogP contribution is -2.35. The Labute approximate surface area is 128 Å². The maximum absolute atomic E-state index is 12.3. The lowest BCUT2D eigenvalue weighted by Gasteiger charge is -2.29. The molecule has 5 heteroatoms. The monoisotopic (exact) mass is 297 g/mol. The van der Waals surface area contributed by atoms with Gasteiger partial charge in [0.05, 0.1) is 18.4 Å². The van der Waals surface area contributed by atoms with Crippen LogP contribution in [0.5, 0.6) is 5.75 Å². The van der Waals surface area contributed by atoms with Crippen LogP contribution in [0.25, 0.3) is 0 Å². The van der Waals surface area contributed by atoms with Crippen LogP contribution in [0.3, 0.4) is 0 Å². The van der Waals surface area contributed by atoms with Gasteiger partial charge in [-0.2, -0.15) is 0 Å². The number of amides is 1. The molecule has 1 amide bonds. The number of methoxy groups -OCH3 is 1. The van der Waals surface area contributed by atoms with Gasteiger partial charge in [0.2, 0.25) is 0 Å². The van der Waals surface area contributed by atoms with Crippen molar-refractivity contribution in [2.45, 2.75) is 6.92 Å². The first kappa shape index (κ1) is 14.1. The summed E-state index contributed by atoms with van der Waals surface area (Å²) >= 11 is 0. The Bertz CT molecular complexity index is 754. The number of fused-ring (bicyclic) bond motifs is 1. The van der Waals surface area contributed by atoms with Gasteiger partial charge in [-0.15, -0.1) is 0 Å². The van der Waals surface area contributed by atoms with Gasteiger partial charge in [-0.25, -0.2) is 4.79 Å². The first-order valence-electron chi connectivity index (χ1n) is 6.85. The van der Waals surface area contributed by atoms with Crippen molar-refractivity contribution in [3.05, 3.63) is 53.6 Å². The lowest BCUT2D eigenvalue weighted by molar-refractivity contribution is -0.120. The molecule has 5 nitrogen and oxygen atoms in total. The number of aryl methyl sites for hydroxylation is 1. The van der Waals surface area contributed by atoms with Crippen LogP contribution in [0, 0.1) is 6.92 Å². The second-order valence-corrected chi connectivity index (χ2v) is 5.03. The van der Waals surface area contributed by atoms with Gasteiger partial charge in [0.25, 0.3) is 5.91 Å². The fraction of sp³-hybridized carbons (Fsp3) is 0.176. The second-order valence-electron chi connectivity index (χ2n) is 5.03. The highest BCUT2D eigenvalue weighted by atomic mass is 16.5. The van der Waals surface area contributed by atoms with Gasteiger partial charge >= 0.3 is 5.97 Å². The maximum Gasteiger partial charge on any atom is 0.337 e. The molecule has 3 rings (SSSR count). The van der Waals surface area contributed by atoms with Gasteiger partial charge in [0, 0.05) is 5.69 Å². The fourth-order valence-electron chi connectivity index (χ4n) is 2.45. The second kappa shape index (κ2) is 5.52. The minimum atomic E-state index is -0.454. The number of hydrogen-bond acceptors (Lipinski definition) is 4. The molecule has 0 aromatic heterocycles. The van der Waals surface area contributed by atoms with Crippen molar-refractivity contribution in [2.24, 2.45) is 0 Å². The molecule has 1 aliphatic rings. The summed E-state index contributed by atoms with van der Waals surface area (Å²) in [6.07, 6.45) is 0. The number of ether oxygens (including phenoxy) is 2. The summed E-state index contributed by atoms with van der Waals surface area (Å²) in [4.78, 5) is 25.6. The summed E-state index contributed by atoms with van der Waals surface area (Å²) in [6.45, 7) is 1.93. The Morgan fingerprint density at radius 2 is 2.05 bits per heavy atom. The number of rotatable bonds is 2. The van der Waals surface area contributed by atoms with Crippen LogP contribution in [0.4, 0.5) is 11.4 Å². The summed E-state index contributed by atoms with van der Waals surface area (Å²) in [6, 6.07) is 12.5. The summed E-state index contributed by atoms with van der Waals surface area (Å²) in [5, 5.41) is 0. The Morgan fingerprint density at radius 1 is 1.23 bits per heavy atom. The van der Waals surface area contributed by atoms with Crippen molar-refractivity contribution in [2.75, 3.05) is 18.6 Å². The van der Waals surface area contributed by atoms with Gasteiger partial charge in [-0.3, -0.25) is 9.69 Å². The topological polar surface area (TPSA) is 55.8 Å². The molecule has 22 heavy (non-hydrogen) atoms. The minimum absolute atomic E-state index is 0.0293.